The molecule has 1 N–H and O–H groups in total. The molecule has 0 radical (unpaired) electrons. The minimum absolute atomic E-state index is 0.0682. The average Bonchev–Trinajstić information content (AvgIpc) is 2.75. The number of allylic oxidation sites excluding steroid dienone is 1. The molecule has 0 saturated carbocycles. The van der Waals surface area contributed by atoms with Gasteiger partial charge >= 0.3 is 5.97 Å². The van der Waals surface area contributed by atoms with Crippen LogP contribution in [0.4, 0.5) is 0 Å². The fourth-order valence-electron chi connectivity index (χ4n) is 2.16. The van der Waals surface area contributed by atoms with Gasteiger partial charge in [-0.05, 0) is 19.1 Å². The lowest BCUT2D eigenvalue weighted by atomic mass is 10.3. The lowest BCUT2D eigenvalue weighted by molar-refractivity contribution is -0.137. The van der Waals surface area contributed by atoms with Crippen molar-refractivity contribution in [1.29, 1.82) is 0 Å². The largest absolute Gasteiger partial charge is 0.494 e. The van der Waals surface area contributed by atoms with Gasteiger partial charge in [-0.1, -0.05) is 6.08 Å². The topological polar surface area (TPSA) is 64.4 Å². The smallest absolute Gasteiger partial charge is 0.303 e. The quantitative estimate of drug-likeness (QED) is 0.788. The van der Waals surface area contributed by atoms with E-state index in [9.17, 15) is 4.79 Å². The molecule has 1 aromatic carbocycles. The second kappa shape index (κ2) is 6.23. The highest BCUT2D eigenvalue weighted by Crippen LogP contribution is 2.22. The molecule has 20 heavy (non-hydrogen) atoms. The van der Waals surface area contributed by atoms with Crippen LogP contribution in [0.3, 0.4) is 0 Å². The first-order valence-corrected chi connectivity index (χ1v) is 6.60. The highest BCUT2D eigenvalue weighted by molar-refractivity contribution is 5.78. The van der Waals surface area contributed by atoms with Gasteiger partial charge in [0.25, 0.3) is 0 Å². The Hall–Kier alpha value is -2.30. The van der Waals surface area contributed by atoms with Crippen molar-refractivity contribution in [3.05, 3.63) is 36.7 Å². The van der Waals surface area contributed by atoms with Crippen LogP contribution in [0.1, 0.15) is 19.2 Å². The number of carbonyl (C=O) groups is 1. The van der Waals surface area contributed by atoms with E-state index in [-0.39, 0.29) is 6.42 Å². The SMILES string of the molecule is C=CCn1c(CCC(=O)O)nc2cc(OCC)ccc21. The number of nitrogens with zero attached hydrogens (tertiary/aromatic N) is 2. The van der Waals surface area contributed by atoms with E-state index in [1.54, 1.807) is 6.08 Å². The van der Waals surface area contributed by atoms with E-state index in [1.165, 1.54) is 0 Å². The zero-order valence-corrected chi connectivity index (χ0v) is 11.5. The van der Waals surface area contributed by atoms with E-state index in [1.807, 2.05) is 29.7 Å². The number of rotatable bonds is 7. The lowest BCUT2D eigenvalue weighted by Crippen LogP contribution is -2.05. The van der Waals surface area contributed by atoms with Crippen molar-refractivity contribution in [1.82, 2.24) is 9.55 Å². The van der Waals surface area contributed by atoms with Gasteiger partial charge in [0, 0.05) is 19.0 Å². The number of carboxylic acid groups (broad SMARTS) is 1. The Morgan fingerprint density at radius 3 is 3.00 bits per heavy atom. The summed E-state index contributed by atoms with van der Waals surface area (Å²) in [6.07, 6.45) is 2.25. The van der Waals surface area contributed by atoms with Crippen molar-refractivity contribution in [2.24, 2.45) is 0 Å². The molecule has 106 valence electrons. The van der Waals surface area contributed by atoms with Gasteiger partial charge in [-0.25, -0.2) is 4.98 Å². The lowest BCUT2D eigenvalue weighted by Gasteiger charge is -2.06. The van der Waals surface area contributed by atoms with Gasteiger partial charge in [0.15, 0.2) is 0 Å². The number of hydrogen-bond acceptors (Lipinski definition) is 3. The van der Waals surface area contributed by atoms with E-state index >= 15 is 0 Å². The first-order valence-electron chi connectivity index (χ1n) is 6.60. The number of aliphatic carboxylic acids is 1. The molecule has 0 amide bonds. The third-order valence-corrected chi connectivity index (χ3v) is 2.98. The number of fused-ring (bicyclic) bond motifs is 1. The third-order valence-electron chi connectivity index (χ3n) is 2.98. The van der Waals surface area contributed by atoms with Crippen LogP contribution in [0.25, 0.3) is 11.0 Å². The fourth-order valence-corrected chi connectivity index (χ4v) is 2.16. The molecule has 0 spiro atoms. The molecule has 5 nitrogen and oxygen atoms in total. The van der Waals surface area contributed by atoms with Crippen LogP contribution in [-0.2, 0) is 17.8 Å². The van der Waals surface area contributed by atoms with Gasteiger partial charge in [0.2, 0.25) is 0 Å². The van der Waals surface area contributed by atoms with Crippen LogP contribution in [0, 0.1) is 0 Å². The molecule has 0 atom stereocenters. The summed E-state index contributed by atoms with van der Waals surface area (Å²) in [7, 11) is 0. The Bertz CT molecular complexity index is 631. The van der Waals surface area contributed by atoms with E-state index < -0.39 is 5.97 Å². The number of ether oxygens (including phenoxy) is 1. The number of imidazole rings is 1. The summed E-state index contributed by atoms with van der Waals surface area (Å²) < 4.78 is 7.44. The summed E-state index contributed by atoms with van der Waals surface area (Å²) in [6, 6.07) is 5.72. The third kappa shape index (κ3) is 2.99. The molecule has 5 heteroatoms. The maximum absolute atomic E-state index is 10.7. The first kappa shape index (κ1) is 14.1. The predicted octanol–water partition coefficient (Wildman–Crippen LogP) is 2.64. The maximum atomic E-state index is 10.7. The highest BCUT2D eigenvalue weighted by Gasteiger charge is 2.12. The zero-order chi connectivity index (χ0) is 14.5. The average molecular weight is 274 g/mol. The highest BCUT2D eigenvalue weighted by atomic mass is 16.5. The van der Waals surface area contributed by atoms with Gasteiger partial charge < -0.3 is 14.4 Å². The second-order valence-corrected chi connectivity index (χ2v) is 4.40. The molecular formula is C15H18N2O3. The molecule has 2 aromatic rings. The summed E-state index contributed by atoms with van der Waals surface area (Å²) >= 11 is 0. The maximum Gasteiger partial charge on any atom is 0.303 e. The fraction of sp³-hybridized carbons (Fsp3) is 0.333. The normalized spacial score (nSPS) is 10.7. The molecule has 0 aliphatic rings. The van der Waals surface area contributed by atoms with Crippen molar-refractivity contribution in [3.63, 3.8) is 0 Å². The Balaban J connectivity index is 2.41. The van der Waals surface area contributed by atoms with Gasteiger partial charge in [-0.3, -0.25) is 4.79 Å². The summed E-state index contributed by atoms with van der Waals surface area (Å²) in [5, 5.41) is 8.81. The number of benzene rings is 1. The number of aromatic nitrogens is 2. The molecule has 2 rings (SSSR count). The number of aryl methyl sites for hydroxylation is 1. The molecular weight excluding hydrogens is 256 g/mol. The van der Waals surface area contributed by atoms with Gasteiger partial charge in [-0.2, -0.15) is 0 Å². The standard InChI is InChI=1S/C15H18N2O3/c1-3-9-17-13-6-5-11(20-4-2)10-12(13)16-14(17)7-8-15(18)19/h3,5-6,10H,1,4,7-9H2,2H3,(H,18,19). The Kier molecular flexibility index (Phi) is 4.40. The van der Waals surface area contributed by atoms with Crippen LogP contribution in [0.5, 0.6) is 5.75 Å². The molecule has 0 fully saturated rings. The molecule has 0 aliphatic carbocycles. The molecule has 1 heterocycles. The van der Waals surface area contributed by atoms with E-state index in [0.717, 1.165) is 22.6 Å². The monoisotopic (exact) mass is 274 g/mol. The van der Waals surface area contributed by atoms with Gasteiger partial charge in [-0.15, -0.1) is 6.58 Å². The number of carboxylic acids is 1. The second-order valence-electron chi connectivity index (χ2n) is 4.40. The molecule has 0 unspecified atom stereocenters. The van der Waals surface area contributed by atoms with Gasteiger partial charge in [0.1, 0.15) is 11.6 Å². The van der Waals surface area contributed by atoms with Crippen LogP contribution in [-0.4, -0.2) is 27.2 Å². The Labute approximate surface area is 117 Å². The van der Waals surface area contributed by atoms with Crippen LogP contribution < -0.4 is 4.74 Å². The van der Waals surface area contributed by atoms with Crippen LogP contribution in [0.2, 0.25) is 0 Å². The van der Waals surface area contributed by atoms with Crippen molar-refractivity contribution in [2.45, 2.75) is 26.3 Å². The summed E-state index contributed by atoms with van der Waals surface area (Å²) in [5.74, 6) is 0.709. The Morgan fingerprint density at radius 2 is 2.35 bits per heavy atom. The van der Waals surface area contributed by atoms with Crippen molar-refractivity contribution in [3.8, 4) is 5.75 Å². The molecule has 0 bridgehead atoms. The summed E-state index contributed by atoms with van der Waals surface area (Å²) in [5.41, 5.74) is 1.78. The van der Waals surface area contributed by atoms with Crippen molar-refractivity contribution >= 4 is 17.0 Å². The van der Waals surface area contributed by atoms with E-state index in [4.69, 9.17) is 9.84 Å². The zero-order valence-electron chi connectivity index (χ0n) is 11.5. The van der Waals surface area contributed by atoms with E-state index in [0.29, 0.717) is 19.6 Å². The van der Waals surface area contributed by atoms with E-state index in [2.05, 4.69) is 11.6 Å². The van der Waals surface area contributed by atoms with Crippen LogP contribution >= 0.6 is 0 Å². The van der Waals surface area contributed by atoms with Crippen molar-refractivity contribution < 1.29 is 14.6 Å². The Morgan fingerprint density at radius 1 is 1.55 bits per heavy atom. The van der Waals surface area contributed by atoms with Crippen molar-refractivity contribution in [2.75, 3.05) is 6.61 Å². The van der Waals surface area contributed by atoms with Crippen LogP contribution in [0.15, 0.2) is 30.9 Å². The molecule has 0 aliphatic heterocycles. The predicted molar refractivity (Wildman–Crippen MR) is 77.1 cm³/mol. The molecule has 1 aromatic heterocycles. The molecule has 0 saturated heterocycles. The van der Waals surface area contributed by atoms with Gasteiger partial charge in [0.05, 0.1) is 24.1 Å². The summed E-state index contributed by atoms with van der Waals surface area (Å²) in [6.45, 7) is 6.88. The number of hydrogen-bond donors (Lipinski definition) is 1. The first-order chi connectivity index (χ1) is 9.65. The minimum atomic E-state index is -0.822. The minimum Gasteiger partial charge on any atom is -0.494 e. The summed E-state index contributed by atoms with van der Waals surface area (Å²) in [4.78, 5) is 15.2.